The van der Waals surface area contributed by atoms with Gasteiger partial charge in [0.25, 0.3) is 0 Å². The zero-order chi connectivity index (χ0) is 8.55. The number of rotatable bonds is 2. The van der Waals surface area contributed by atoms with Crippen molar-refractivity contribution in [1.29, 1.82) is 0 Å². The number of ether oxygens (including phenoxy) is 1. The van der Waals surface area contributed by atoms with Crippen LogP contribution in [0.15, 0.2) is 0 Å². The summed E-state index contributed by atoms with van der Waals surface area (Å²) < 4.78 is 5.31. The summed E-state index contributed by atoms with van der Waals surface area (Å²) in [6.07, 6.45) is 4.05. The van der Waals surface area contributed by atoms with Crippen molar-refractivity contribution in [3.8, 4) is 0 Å². The zero-order valence-electron chi connectivity index (χ0n) is 7.70. The summed E-state index contributed by atoms with van der Waals surface area (Å²) >= 11 is 0. The highest BCUT2D eigenvalue weighted by molar-refractivity contribution is 4.92. The van der Waals surface area contributed by atoms with Gasteiger partial charge in [-0.05, 0) is 19.3 Å². The first-order chi connectivity index (χ1) is 5.79. The Bertz CT molecular complexity index is 157. The molecule has 3 heteroatoms. The summed E-state index contributed by atoms with van der Waals surface area (Å²) in [5.41, 5.74) is 5.75. The van der Waals surface area contributed by atoms with E-state index >= 15 is 0 Å². The van der Waals surface area contributed by atoms with Crippen LogP contribution in [0.4, 0.5) is 0 Å². The van der Waals surface area contributed by atoms with Gasteiger partial charge in [-0.25, -0.2) is 0 Å². The molecule has 2 aliphatic rings. The molecule has 1 atom stereocenters. The van der Waals surface area contributed by atoms with Gasteiger partial charge in [-0.1, -0.05) is 0 Å². The van der Waals surface area contributed by atoms with E-state index in [1.165, 1.54) is 25.8 Å². The minimum Gasteiger partial charge on any atom is -0.380 e. The Balaban J connectivity index is 1.76. The van der Waals surface area contributed by atoms with E-state index in [4.69, 9.17) is 10.5 Å². The molecule has 0 aromatic carbocycles. The molecule has 1 heterocycles. The molecule has 1 aliphatic heterocycles. The standard InChI is InChI=1S/C9H18N2O/c1-12-9-2-3-11(6-9)8-4-7(10)5-8/h7-9H,2-6,10H2,1H3. The highest BCUT2D eigenvalue weighted by atomic mass is 16.5. The molecule has 70 valence electrons. The van der Waals surface area contributed by atoms with Crippen LogP contribution in [0.5, 0.6) is 0 Å². The minimum absolute atomic E-state index is 0.469. The molecule has 3 nitrogen and oxygen atoms in total. The average Bonchev–Trinajstić information content (AvgIpc) is 2.46. The lowest BCUT2D eigenvalue weighted by Gasteiger charge is -2.39. The van der Waals surface area contributed by atoms with E-state index in [2.05, 4.69) is 4.90 Å². The third-order valence-corrected chi connectivity index (χ3v) is 3.18. The second-order valence-corrected chi connectivity index (χ2v) is 4.03. The van der Waals surface area contributed by atoms with Crippen LogP contribution in [0, 0.1) is 0 Å². The monoisotopic (exact) mass is 170 g/mol. The first kappa shape index (κ1) is 8.48. The lowest BCUT2D eigenvalue weighted by molar-refractivity contribution is 0.0823. The van der Waals surface area contributed by atoms with Gasteiger partial charge < -0.3 is 10.5 Å². The molecule has 2 rings (SSSR count). The summed E-state index contributed by atoms with van der Waals surface area (Å²) in [5.74, 6) is 0. The van der Waals surface area contributed by atoms with Crippen molar-refractivity contribution in [1.82, 2.24) is 4.90 Å². The van der Waals surface area contributed by atoms with Crippen LogP contribution >= 0.6 is 0 Å². The van der Waals surface area contributed by atoms with Crippen molar-refractivity contribution in [3.05, 3.63) is 0 Å². The molecular weight excluding hydrogens is 152 g/mol. The Morgan fingerprint density at radius 1 is 1.42 bits per heavy atom. The second-order valence-electron chi connectivity index (χ2n) is 4.03. The topological polar surface area (TPSA) is 38.5 Å². The van der Waals surface area contributed by atoms with Crippen LogP contribution in [0.25, 0.3) is 0 Å². The fourth-order valence-electron chi connectivity index (χ4n) is 2.21. The fourth-order valence-corrected chi connectivity index (χ4v) is 2.21. The number of methoxy groups -OCH3 is 1. The molecule has 0 spiro atoms. The van der Waals surface area contributed by atoms with Crippen LogP contribution in [0.2, 0.25) is 0 Å². The Kier molecular flexibility index (Phi) is 2.35. The molecular formula is C9H18N2O. The molecule has 0 radical (unpaired) electrons. The van der Waals surface area contributed by atoms with Crippen LogP contribution in [-0.2, 0) is 4.74 Å². The van der Waals surface area contributed by atoms with E-state index in [1.54, 1.807) is 7.11 Å². The molecule has 1 unspecified atom stereocenters. The maximum atomic E-state index is 5.75. The van der Waals surface area contributed by atoms with Gasteiger partial charge in [0.2, 0.25) is 0 Å². The van der Waals surface area contributed by atoms with Crippen molar-refractivity contribution < 1.29 is 4.74 Å². The van der Waals surface area contributed by atoms with Gasteiger partial charge in [0.05, 0.1) is 6.10 Å². The lowest BCUT2D eigenvalue weighted by Crippen LogP contribution is -2.50. The number of hydrogen-bond acceptors (Lipinski definition) is 3. The number of nitrogens with zero attached hydrogens (tertiary/aromatic N) is 1. The highest BCUT2D eigenvalue weighted by Gasteiger charge is 2.35. The van der Waals surface area contributed by atoms with Gasteiger partial charge in [-0.3, -0.25) is 4.90 Å². The molecule has 12 heavy (non-hydrogen) atoms. The second kappa shape index (κ2) is 3.32. The average molecular weight is 170 g/mol. The predicted molar refractivity (Wildman–Crippen MR) is 48.0 cm³/mol. The third-order valence-electron chi connectivity index (χ3n) is 3.18. The Hall–Kier alpha value is -0.120. The van der Waals surface area contributed by atoms with Crippen LogP contribution in [0.1, 0.15) is 19.3 Å². The van der Waals surface area contributed by atoms with E-state index < -0.39 is 0 Å². The minimum atomic E-state index is 0.469. The van der Waals surface area contributed by atoms with Crippen molar-refractivity contribution >= 4 is 0 Å². The summed E-state index contributed by atoms with van der Waals surface area (Å²) in [7, 11) is 1.81. The molecule has 0 amide bonds. The van der Waals surface area contributed by atoms with E-state index in [1.807, 2.05) is 0 Å². The smallest absolute Gasteiger partial charge is 0.0710 e. The lowest BCUT2D eigenvalue weighted by atomic mass is 9.86. The molecule has 1 aliphatic carbocycles. The molecule has 1 saturated heterocycles. The van der Waals surface area contributed by atoms with E-state index in [0.29, 0.717) is 12.1 Å². The van der Waals surface area contributed by atoms with Crippen molar-refractivity contribution in [2.75, 3.05) is 20.2 Å². The summed E-state index contributed by atoms with van der Waals surface area (Å²) in [6, 6.07) is 1.23. The number of likely N-dealkylation sites (tertiary alicyclic amines) is 1. The summed E-state index contributed by atoms with van der Waals surface area (Å²) in [6.45, 7) is 2.32. The van der Waals surface area contributed by atoms with Gasteiger partial charge >= 0.3 is 0 Å². The molecule has 0 bridgehead atoms. The fraction of sp³-hybridized carbons (Fsp3) is 1.00. The van der Waals surface area contributed by atoms with Crippen LogP contribution in [-0.4, -0.2) is 43.3 Å². The third kappa shape index (κ3) is 1.49. The first-order valence-electron chi connectivity index (χ1n) is 4.82. The van der Waals surface area contributed by atoms with Gasteiger partial charge in [0, 0.05) is 32.3 Å². The van der Waals surface area contributed by atoms with Crippen LogP contribution in [0.3, 0.4) is 0 Å². The molecule has 2 N–H and O–H groups in total. The predicted octanol–water partition coefficient (Wildman–Crippen LogP) is 0.197. The van der Waals surface area contributed by atoms with E-state index in [-0.39, 0.29) is 0 Å². The van der Waals surface area contributed by atoms with E-state index in [0.717, 1.165) is 12.6 Å². The van der Waals surface area contributed by atoms with Gasteiger partial charge in [-0.2, -0.15) is 0 Å². The molecule has 1 saturated carbocycles. The number of nitrogens with two attached hydrogens (primary N) is 1. The van der Waals surface area contributed by atoms with E-state index in [9.17, 15) is 0 Å². The van der Waals surface area contributed by atoms with Crippen molar-refractivity contribution in [2.45, 2.75) is 37.5 Å². The maximum absolute atomic E-state index is 5.75. The van der Waals surface area contributed by atoms with Crippen molar-refractivity contribution in [3.63, 3.8) is 0 Å². The maximum Gasteiger partial charge on any atom is 0.0710 e. The summed E-state index contributed by atoms with van der Waals surface area (Å²) in [4.78, 5) is 2.53. The normalized spacial score (nSPS) is 43.0. The molecule has 2 fully saturated rings. The van der Waals surface area contributed by atoms with Gasteiger partial charge in [0.15, 0.2) is 0 Å². The van der Waals surface area contributed by atoms with Crippen molar-refractivity contribution in [2.24, 2.45) is 5.73 Å². The Morgan fingerprint density at radius 3 is 2.67 bits per heavy atom. The summed E-state index contributed by atoms with van der Waals surface area (Å²) in [5, 5.41) is 0. The largest absolute Gasteiger partial charge is 0.380 e. The zero-order valence-corrected chi connectivity index (χ0v) is 7.70. The van der Waals surface area contributed by atoms with Crippen LogP contribution < -0.4 is 5.73 Å². The molecule has 0 aromatic rings. The Morgan fingerprint density at radius 2 is 2.17 bits per heavy atom. The SMILES string of the molecule is COC1CCN(C2CC(N)C2)C1. The Labute approximate surface area is 73.9 Å². The molecule has 0 aromatic heterocycles. The number of hydrogen-bond donors (Lipinski definition) is 1. The van der Waals surface area contributed by atoms with Gasteiger partial charge in [0.1, 0.15) is 0 Å². The highest BCUT2D eigenvalue weighted by Crippen LogP contribution is 2.27. The van der Waals surface area contributed by atoms with Gasteiger partial charge in [-0.15, -0.1) is 0 Å². The first-order valence-corrected chi connectivity index (χ1v) is 4.82. The quantitative estimate of drug-likeness (QED) is 0.643.